The molecule has 0 aliphatic carbocycles. The van der Waals surface area contributed by atoms with E-state index in [9.17, 15) is 14.4 Å². The van der Waals surface area contributed by atoms with Gasteiger partial charge in [0, 0.05) is 25.6 Å². The molecule has 0 bridgehead atoms. The summed E-state index contributed by atoms with van der Waals surface area (Å²) < 4.78 is 0. The summed E-state index contributed by atoms with van der Waals surface area (Å²) in [5, 5.41) is 5.97. The molecule has 0 atom stereocenters. The van der Waals surface area contributed by atoms with Gasteiger partial charge in [0.15, 0.2) is 0 Å². The summed E-state index contributed by atoms with van der Waals surface area (Å²) in [6, 6.07) is 14.4. The summed E-state index contributed by atoms with van der Waals surface area (Å²) in [7, 11) is 1.60. The van der Waals surface area contributed by atoms with Crippen LogP contribution in [0.2, 0.25) is 0 Å². The van der Waals surface area contributed by atoms with Gasteiger partial charge in [0.2, 0.25) is 11.8 Å². The third kappa shape index (κ3) is 5.03. The molecule has 2 amide bonds. The number of aromatic amines is 1. The molecule has 0 aliphatic heterocycles. The number of fused-ring (bicyclic) bond motifs is 1. The maximum absolute atomic E-state index is 12.1. The van der Waals surface area contributed by atoms with Crippen LogP contribution in [0.5, 0.6) is 0 Å². The molecule has 0 unspecified atom stereocenters. The van der Waals surface area contributed by atoms with Crippen molar-refractivity contribution >= 4 is 28.4 Å². The summed E-state index contributed by atoms with van der Waals surface area (Å²) in [5.74, 6) is 0.411. The number of amides is 2. The molecular formula is C21H22N4O3. The fourth-order valence-corrected chi connectivity index (χ4v) is 2.87. The molecule has 3 rings (SSSR count). The van der Waals surface area contributed by atoms with Gasteiger partial charge in [-0.1, -0.05) is 24.3 Å². The summed E-state index contributed by atoms with van der Waals surface area (Å²) in [6.07, 6.45) is 1.71. The summed E-state index contributed by atoms with van der Waals surface area (Å²) >= 11 is 0. The van der Waals surface area contributed by atoms with E-state index in [4.69, 9.17) is 0 Å². The van der Waals surface area contributed by atoms with Crippen molar-refractivity contribution < 1.29 is 9.59 Å². The lowest BCUT2D eigenvalue weighted by molar-refractivity contribution is -0.120. The first kappa shape index (κ1) is 19.3. The number of nitrogens with zero attached hydrogens (tertiary/aromatic N) is 1. The zero-order valence-electron chi connectivity index (χ0n) is 15.6. The smallest absolute Gasteiger partial charge is 0.258 e. The quantitative estimate of drug-likeness (QED) is 0.586. The van der Waals surface area contributed by atoms with E-state index in [1.807, 2.05) is 18.2 Å². The number of carbonyl (C=O) groups is 2. The van der Waals surface area contributed by atoms with Crippen LogP contribution in [-0.2, 0) is 22.4 Å². The largest absolute Gasteiger partial charge is 0.359 e. The Morgan fingerprint density at radius 1 is 1.04 bits per heavy atom. The van der Waals surface area contributed by atoms with Crippen LogP contribution in [0, 0.1) is 0 Å². The van der Waals surface area contributed by atoms with E-state index >= 15 is 0 Å². The molecule has 0 fully saturated rings. The van der Waals surface area contributed by atoms with Crippen molar-refractivity contribution in [3.05, 3.63) is 70.3 Å². The van der Waals surface area contributed by atoms with Gasteiger partial charge in [0.05, 0.1) is 17.3 Å². The minimum atomic E-state index is -0.165. The highest BCUT2D eigenvalue weighted by Gasteiger charge is 2.07. The first-order valence-electron chi connectivity index (χ1n) is 9.12. The monoisotopic (exact) mass is 378 g/mol. The van der Waals surface area contributed by atoms with E-state index in [-0.39, 0.29) is 17.4 Å². The topological polar surface area (TPSA) is 104 Å². The standard InChI is InChI=1S/C21H22N4O3/c1-22-20(27)13-14-9-11-15(12-10-14)23-19(26)8-4-7-18-24-17-6-3-2-5-16(17)21(28)25-18/h2-3,5-6,9-12H,4,7-8,13H2,1H3,(H,22,27)(H,23,26)(H,24,25,28). The molecule has 3 aromatic rings. The van der Waals surface area contributed by atoms with Crippen molar-refractivity contribution in [1.82, 2.24) is 15.3 Å². The number of hydrogen-bond donors (Lipinski definition) is 3. The second-order valence-corrected chi connectivity index (χ2v) is 6.48. The Labute approximate surface area is 162 Å². The van der Waals surface area contributed by atoms with Crippen LogP contribution in [0.4, 0.5) is 5.69 Å². The average Bonchev–Trinajstić information content (AvgIpc) is 2.69. The number of hydrogen-bond acceptors (Lipinski definition) is 4. The molecule has 0 spiro atoms. The number of nitrogens with one attached hydrogen (secondary N) is 3. The molecule has 7 nitrogen and oxygen atoms in total. The molecule has 3 N–H and O–H groups in total. The van der Waals surface area contributed by atoms with Gasteiger partial charge in [-0.15, -0.1) is 0 Å². The third-order valence-corrected chi connectivity index (χ3v) is 4.36. The molecule has 0 aliphatic rings. The number of likely N-dealkylation sites (N-methyl/N-ethyl adjacent to an activating group) is 1. The van der Waals surface area contributed by atoms with Crippen molar-refractivity contribution in [2.45, 2.75) is 25.7 Å². The zero-order chi connectivity index (χ0) is 19.9. The molecule has 0 saturated heterocycles. The van der Waals surface area contributed by atoms with Crippen LogP contribution in [0.1, 0.15) is 24.2 Å². The Kier molecular flexibility index (Phi) is 6.16. The maximum Gasteiger partial charge on any atom is 0.258 e. The normalized spacial score (nSPS) is 10.6. The van der Waals surface area contributed by atoms with Crippen LogP contribution >= 0.6 is 0 Å². The molecule has 1 heterocycles. The van der Waals surface area contributed by atoms with Gasteiger partial charge < -0.3 is 15.6 Å². The number of carbonyl (C=O) groups excluding carboxylic acids is 2. The SMILES string of the molecule is CNC(=O)Cc1ccc(NC(=O)CCCc2nc3ccccc3c(=O)[nH]2)cc1. The van der Waals surface area contributed by atoms with E-state index in [1.54, 1.807) is 37.4 Å². The number of benzene rings is 2. The Morgan fingerprint density at radius 2 is 1.79 bits per heavy atom. The maximum atomic E-state index is 12.1. The molecule has 1 aromatic heterocycles. The van der Waals surface area contributed by atoms with Crippen LogP contribution < -0.4 is 16.2 Å². The fraction of sp³-hybridized carbons (Fsp3) is 0.238. The number of rotatable bonds is 7. The van der Waals surface area contributed by atoms with Gasteiger partial charge in [-0.2, -0.15) is 0 Å². The van der Waals surface area contributed by atoms with E-state index < -0.39 is 0 Å². The first-order chi connectivity index (χ1) is 13.5. The Balaban J connectivity index is 1.51. The van der Waals surface area contributed by atoms with E-state index in [1.165, 1.54) is 0 Å². The minimum absolute atomic E-state index is 0.0582. The summed E-state index contributed by atoms with van der Waals surface area (Å²) in [5.41, 5.74) is 2.05. The van der Waals surface area contributed by atoms with Crippen LogP contribution in [-0.4, -0.2) is 28.8 Å². The van der Waals surface area contributed by atoms with Gasteiger partial charge in [0.25, 0.3) is 5.56 Å². The van der Waals surface area contributed by atoms with E-state index in [2.05, 4.69) is 20.6 Å². The van der Waals surface area contributed by atoms with Gasteiger partial charge in [-0.05, 0) is 36.2 Å². The third-order valence-electron chi connectivity index (χ3n) is 4.36. The Bertz CT molecular complexity index is 1040. The highest BCUT2D eigenvalue weighted by Crippen LogP contribution is 2.12. The number of para-hydroxylation sites is 1. The molecule has 0 saturated carbocycles. The van der Waals surface area contributed by atoms with Crippen LogP contribution in [0.15, 0.2) is 53.3 Å². The molecule has 144 valence electrons. The van der Waals surface area contributed by atoms with Gasteiger partial charge >= 0.3 is 0 Å². The molecule has 2 aromatic carbocycles. The van der Waals surface area contributed by atoms with Crippen molar-refractivity contribution in [3.63, 3.8) is 0 Å². The lowest BCUT2D eigenvalue weighted by atomic mass is 10.1. The van der Waals surface area contributed by atoms with Crippen molar-refractivity contribution in [2.24, 2.45) is 0 Å². The van der Waals surface area contributed by atoms with Crippen LogP contribution in [0.3, 0.4) is 0 Å². The molecule has 0 radical (unpaired) electrons. The second kappa shape index (κ2) is 8.94. The van der Waals surface area contributed by atoms with Crippen molar-refractivity contribution in [3.8, 4) is 0 Å². The van der Waals surface area contributed by atoms with Gasteiger partial charge in [-0.3, -0.25) is 14.4 Å². The predicted octanol–water partition coefficient (Wildman–Crippen LogP) is 2.17. The predicted molar refractivity (Wildman–Crippen MR) is 108 cm³/mol. The van der Waals surface area contributed by atoms with Crippen molar-refractivity contribution in [2.75, 3.05) is 12.4 Å². The molecule has 7 heteroatoms. The average molecular weight is 378 g/mol. The molecular weight excluding hydrogens is 356 g/mol. The summed E-state index contributed by atoms with van der Waals surface area (Å²) in [4.78, 5) is 42.7. The fourth-order valence-electron chi connectivity index (χ4n) is 2.87. The molecule has 28 heavy (non-hydrogen) atoms. The number of aryl methyl sites for hydroxylation is 1. The zero-order valence-corrected chi connectivity index (χ0v) is 15.6. The number of anilines is 1. The number of H-pyrrole nitrogens is 1. The highest BCUT2D eigenvalue weighted by atomic mass is 16.2. The van der Waals surface area contributed by atoms with Crippen LogP contribution in [0.25, 0.3) is 10.9 Å². The Hall–Kier alpha value is -3.48. The first-order valence-corrected chi connectivity index (χ1v) is 9.12. The number of aromatic nitrogens is 2. The minimum Gasteiger partial charge on any atom is -0.359 e. The van der Waals surface area contributed by atoms with Crippen molar-refractivity contribution in [1.29, 1.82) is 0 Å². The second-order valence-electron chi connectivity index (χ2n) is 6.48. The Morgan fingerprint density at radius 3 is 2.54 bits per heavy atom. The van der Waals surface area contributed by atoms with Gasteiger partial charge in [-0.25, -0.2) is 4.98 Å². The summed E-state index contributed by atoms with van der Waals surface area (Å²) in [6.45, 7) is 0. The lowest BCUT2D eigenvalue weighted by Crippen LogP contribution is -2.19. The lowest BCUT2D eigenvalue weighted by Gasteiger charge is -2.07. The van der Waals surface area contributed by atoms with E-state index in [0.717, 1.165) is 5.56 Å². The van der Waals surface area contributed by atoms with Gasteiger partial charge in [0.1, 0.15) is 5.82 Å². The van der Waals surface area contributed by atoms with E-state index in [0.29, 0.717) is 48.1 Å². The highest BCUT2D eigenvalue weighted by molar-refractivity contribution is 5.90.